The summed E-state index contributed by atoms with van der Waals surface area (Å²) in [7, 11) is 0. The van der Waals surface area contributed by atoms with E-state index in [2.05, 4.69) is 56.8 Å². The first kappa shape index (κ1) is 9.15. The van der Waals surface area contributed by atoms with Gasteiger partial charge in [-0.15, -0.1) is 0 Å². The fraction of sp³-hybridized carbons (Fsp3) is 0.0833. The van der Waals surface area contributed by atoms with E-state index in [1.165, 1.54) is 19.9 Å². The van der Waals surface area contributed by atoms with Crippen molar-refractivity contribution in [2.24, 2.45) is 0 Å². The minimum Gasteiger partial charge on any atom is -0.353 e. The Morgan fingerprint density at radius 1 is 1.20 bits per heavy atom. The minimum absolute atomic E-state index is 1.05. The van der Waals surface area contributed by atoms with Gasteiger partial charge in [-0.3, -0.25) is 4.98 Å². The van der Waals surface area contributed by atoms with Crippen LogP contribution in [0.5, 0.6) is 0 Å². The number of benzene rings is 1. The summed E-state index contributed by atoms with van der Waals surface area (Å²) in [6.45, 7) is 2.03. The summed E-state index contributed by atoms with van der Waals surface area (Å²) in [4.78, 5) is 7.70. The highest BCUT2D eigenvalue weighted by atomic mass is 127. The lowest BCUT2D eigenvalue weighted by Crippen LogP contribution is -1.80. The van der Waals surface area contributed by atoms with E-state index >= 15 is 0 Å². The van der Waals surface area contributed by atoms with Crippen LogP contribution in [0.1, 0.15) is 5.69 Å². The fourth-order valence-corrected chi connectivity index (χ4v) is 2.42. The number of rotatable bonds is 0. The maximum Gasteiger partial charge on any atom is 0.0681 e. The number of aryl methyl sites for hydroxylation is 1. The van der Waals surface area contributed by atoms with Crippen LogP contribution in [0.15, 0.2) is 30.5 Å². The molecule has 1 aromatic carbocycles. The number of hydrogen-bond donors (Lipinski definition) is 1. The van der Waals surface area contributed by atoms with Crippen molar-refractivity contribution in [1.29, 1.82) is 0 Å². The van der Waals surface area contributed by atoms with Gasteiger partial charge in [0.05, 0.1) is 11.2 Å². The lowest BCUT2D eigenvalue weighted by atomic mass is 10.2. The Morgan fingerprint density at radius 2 is 2.07 bits per heavy atom. The molecule has 0 radical (unpaired) electrons. The van der Waals surface area contributed by atoms with E-state index in [9.17, 15) is 0 Å². The molecule has 2 nitrogen and oxygen atoms in total. The highest BCUT2D eigenvalue weighted by Crippen LogP contribution is 2.27. The van der Waals surface area contributed by atoms with Crippen molar-refractivity contribution in [3.63, 3.8) is 0 Å². The van der Waals surface area contributed by atoms with Crippen LogP contribution < -0.4 is 0 Å². The van der Waals surface area contributed by atoms with Gasteiger partial charge in [0, 0.05) is 26.1 Å². The molecule has 0 atom stereocenters. The molecule has 2 aromatic heterocycles. The third-order valence-corrected chi connectivity index (χ3v) is 3.34. The fourth-order valence-electron chi connectivity index (χ4n) is 1.93. The largest absolute Gasteiger partial charge is 0.353 e. The smallest absolute Gasteiger partial charge is 0.0681 e. The van der Waals surface area contributed by atoms with Crippen molar-refractivity contribution in [2.45, 2.75) is 6.92 Å². The first-order valence-corrected chi connectivity index (χ1v) is 5.86. The van der Waals surface area contributed by atoms with Gasteiger partial charge in [0.25, 0.3) is 0 Å². The van der Waals surface area contributed by atoms with E-state index in [1.54, 1.807) is 0 Å². The number of nitrogens with one attached hydrogen (secondary N) is 1. The second-order valence-corrected chi connectivity index (χ2v) is 4.88. The molecule has 0 saturated heterocycles. The molecule has 0 spiro atoms. The second-order valence-electron chi connectivity index (χ2n) is 3.63. The van der Waals surface area contributed by atoms with Crippen LogP contribution >= 0.6 is 22.6 Å². The average molecular weight is 308 g/mol. The minimum atomic E-state index is 1.05. The Balaban J connectivity index is 2.58. The third-order valence-electron chi connectivity index (χ3n) is 2.67. The molecule has 0 amide bonds. The molecule has 0 unspecified atom stereocenters. The van der Waals surface area contributed by atoms with Gasteiger partial charge >= 0.3 is 0 Å². The average Bonchev–Trinajstić information content (AvgIpc) is 2.58. The van der Waals surface area contributed by atoms with E-state index in [-0.39, 0.29) is 0 Å². The molecule has 1 N–H and O–H groups in total. The van der Waals surface area contributed by atoms with Gasteiger partial charge in [-0.25, -0.2) is 0 Å². The van der Waals surface area contributed by atoms with Crippen molar-refractivity contribution in [3.8, 4) is 0 Å². The molecule has 0 aliphatic rings. The molecule has 0 aliphatic carbocycles. The number of H-pyrrole nitrogens is 1. The molecular weight excluding hydrogens is 299 g/mol. The lowest BCUT2D eigenvalue weighted by Gasteiger charge is -1.93. The monoisotopic (exact) mass is 308 g/mol. The van der Waals surface area contributed by atoms with Crippen molar-refractivity contribution < 1.29 is 0 Å². The number of fused-ring (bicyclic) bond motifs is 3. The topological polar surface area (TPSA) is 28.7 Å². The Morgan fingerprint density at radius 3 is 2.93 bits per heavy atom. The summed E-state index contributed by atoms with van der Waals surface area (Å²) in [6, 6.07) is 8.50. The summed E-state index contributed by atoms with van der Waals surface area (Å²) in [5.74, 6) is 0. The molecule has 2 heterocycles. The first-order chi connectivity index (χ1) is 7.25. The predicted molar refractivity (Wildman–Crippen MR) is 71.1 cm³/mol. The van der Waals surface area contributed by atoms with Gasteiger partial charge in [-0.05, 0) is 53.8 Å². The molecule has 0 bridgehead atoms. The van der Waals surface area contributed by atoms with E-state index in [1.807, 2.05) is 13.1 Å². The van der Waals surface area contributed by atoms with Gasteiger partial charge in [0.2, 0.25) is 0 Å². The van der Waals surface area contributed by atoms with Gasteiger partial charge in [-0.1, -0.05) is 0 Å². The molecule has 3 rings (SSSR count). The SMILES string of the molecule is Cc1nccc2c1[nH]c1ccc(I)cc12. The van der Waals surface area contributed by atoms with Crippen molar-refractivity contribution in [2.75, 3.05) is 0 Å². The molecule has 0 saturated carbocycles. The van der Waals surface area contributed by atoms with Crippen molar-refractivity contribution in [3.05, 3.63) is 39.7 Å². The standard InChI is InChI=1S/C12H9IN2/c1-7-12-9(4-5-14-7)10-6-8(13)2-3-11(10)15-12/h2-6,15H,1H3. The zero-order chi connectivity index (χ0) is 10.4. The van der Waals surface area contributed by atoms with Crippen LogP contribution in [0.25, 0.3) is 21.8 Å². The lowest BCUT2D eigenvalue weighted by molar-refractivity contribution is 1.22. The van der Waals surface area contributed by atoms with Gasteiger partial charge in [0.15, 0.2) is 0 Å². The molecule has 3 aromatic rings. The van der Waals surface area contributed by atoms with E-state index in [0.717, 1.165) is 11.2 Å². The normalized spacial score (nSPS) is 11.3. The molecule has 3 heteroatoms. The number of aromatic amines is 1. The maximum atomic E-state index is 4.29. The quantitative estimate of drug-likeness (QED) is 0.631. The summed E-state index contributed by atoms with van der Waals surface area (Å²) in [6.07, 6.45) is 1.87. The van der Waals surface area contributed by atoms with Gasteiger partial charge < -0.3 is 4.98 Å². The number of nitrogens with zero attached hydrogens (tertiary/aromatic N) is 1. The summed E-state index contributed by atoms with van der Waals surface area (Å²) >= 11 is 2.34. The summed E-state index contributed by atoms with van der Waals surface area (Å²) in [5.41, 5.74) is 3.38. The van der Waals surface area contributed by atoms with E-state index in [0.29, 0.717) is 0 Å². The zero-order valence-electron chi connectivity index (χ0n) is 8.21. The number of pyridine rings is 1. The Kier molecular flexibility index (Phi) is 1.95. The van der Waals surface area contributed by atoms with E-state index < -0.39 is 0 Å². The van der Waals surface area contributed by atoms with Gasteiger partial charge in [0.1, 0.15) is 0 Å². The number of aromatic nitrogens is 2. The van der Waals surface area contributed by atoms with Crippen LogP contribution in [0, 0.1) is 10.5 Å². The van der Waals surface area contributed by atoms with Crippen LogP contribution in [-0.2, 0) is 0 Å². The Labute approximate surface area is 101 Å². The van der Waals surface area contributed by atoms with Crippen molar-refractivity contribution in [1.82, 2.24) is 9.97 Å². The van der Waals surface area contributed by atoms with Crippen LogP contribution in [-0.4, -0.2) is 9.97 Å². The maximum absolute atomic E-state index is 4.29. The molecule has 15 heavy (non-hydrogen) atoms. The highest BCUT2D eigenvalue weighted by molar-refractivity contribution is 14.1. The Hall–Kier alpha value is -1.10. The summed E-state index contributed by atoms with van der Waals surface area (Å²) < 4.78 is 1.26. The molecule has 74 valence electrons. The molecule has 0 fully saturated rings. The van der Waals surface area contributed by atoms with Crippen molar-refractivity contribution >= 4 is 44.4 Å². The number of hydrogen-bond acceptors (Lipinski definition) is 1. The number of halogens is 1. The Bertz CT molecular complexity index is 655. The first-order valence-electron chi connectivity index (χ1n) is 4.78. The highest BCUT2D eigenvalue weighted by Gasteiger charge is 2.06. The molecule has 0 aliphatic heterocycles. The third kappa shape index (κ3) is 1.33. The predicted octanol–water partition coefficient (Wildman–Crippen LogP) is 3.63. The van der Waals surface area contributed by atoms with E-state index in [4.69, 9.17) is 0 Å². The van der Waals surface area contributed by atoms with Gasteiger partial charge in [-0.2, -0.15) is 0 Å². The second kappa shape index (κ2) is 3.20. The van der Waals surface area contributed by atoms with Crippen LogP contribution in [0.4, 0.5) is 0 Å². The van der Waals surface area contributed by atoms with Crippen LogP contribution in [0.3, 0.4) is 0 Å². The molecular formula is C12H9IN2. The summed E-state index contributed by atoms with van der Waals surface area (Å²) in [5, 5.41) is 2.54. The zero-order valence-corrected chi connectivity index (χ0v) is 10.4. The van der Waals surface area contributed by atoms with Crippen LogP contribution in [0.2, 0.25) is 0 Å².